The fourth-order valence-electron chi connectivity index (χ4n) is 3.20. The van der Waals surface area contributed by atoms with Gasteiger partial charge < -0.3 is 9.84 Å². The zero-order valence-electron chi connectivity index (χ0n) is 10.8. The number of likely N-dealkylation sites (N-methyl/N-ethyl adjacent to an activating group) is 1. The first kappa shape index (κ1) is 11.9. The molecule has 4 nitrogen and oxygen atoms in total. The second kappa shape index (κ2) is 4.50. The van der Waals surface area contributed by atoms with Crippen LogP contribution in [0.2, 0.25) is 0 Å². The minimum absolute atomic E-state index is 0.340. The maximum atomic E-state index is 10.3. The topological polar surface area (TPSA) is 35.9 Å². The summed E-state index contributed by atoms with van der Waals surface area (Å²) >= 11 is 0. The molecule has 98 valence electrons. The maximum absolute atomic E-state index is 10.3. The van der Waals surface area contributed by atoms with Gasteiger partial charge in [0, 0.05) is 32.7 Å². The molecular formula is C13H24N2O2. The first-order valence-electron chi connectivity index (χ1n) is 6.98. The van der Waals surface area contributed by atoms with E-state index in [2.05, 4.69) is 16.7 Å². The molecule has 1 N–H and O–H groups in total. The Morgan fingerprint density at radius 2 is 2.06 bits per heavy atom. The predicted molar refractivity (Wildman–Crippen MR) is 66.0 cm³/mol. The smallest absolute Gasteiger partial charge is 0.0928 e. The lowest BCUT2D eigenvalue weighted by Crippen LogP contribution is -2.65. The third-order valence-electron chi connectivity index (χ3n) is 4.46. The number of β-amino-alcohol motifs (C(OH)–C–C–N with tert-alkyl or cyclic N) is 1. The summed E-state index contributed by atoms with van der Waals surface area (Å²) in [7, 11) is 0. The summed E-state index contributed by atoms with van der Waals surface area (Å²) in [5.41, 5.74) is -0.348. The number of likely N-dealkylation sites (tertiary alicyclic amines) is 1. The van der Waals surface area contributed by atoms with Gasteiger partial charge in [-0.1, -0.05) is 6.92 Å². The van der Waals surface area contributed by atoms with Gasteiger partial charge in [-0.2, -0.15) is 0 Å². The molecule has 3 rings (SSSR count). The van der Waals surface area contributed by atoms with E-state index in [9.17, 15) is 5.11 Å². The molecule has 0 bridgehead atoms. The summed E-state index contributed by atoms with van der Waals surface area (Å²) in [6.45, 7) is 9.02. The summed E-state index contributed by atoms with van der Waals surface area (Å²) < 4.78 is 5.80. The Bertz CT molecular complexity index is 275. The average Bonchev–Trinajstić information content (AvgIpc) is 3.11. The van der Waals surface area contributed by atoms with Crippen molar-refractivity contribution in [3.63, 3.8) is 0 Å². The van der Waals surface area contributed by atoms with E-state index in [-0.39, 0.29) is 5.60 Å². The number of ether oxygens (including phenoxy) is 1. The average molecular weight is 240 g/mol. The van der Waals surface area contributed by atoms with E-state index in [1.807, 2.05) is 0 Å². The second-order valence-electron chi connectivity index (χ2n) is 5.93. The molecule has 17 heavy (non-hydrogen) atoms. The summed E-state index contributed by atoms with van der Waals surface area (Å²) in [6.07, 6.45) is 2.80. The van der Waals surface area contributed by atoms with Crippen LogP contribution < -0.4 is 0 Å². The minimum atomic E-state index is -0.348. The normalized spacial score (nSPS) is 34.6. The van der Waals surface area contributed by atoms with Crippen molar-refractivity contribution in [1.82, 2.24) is 9.80 Å². The van der Waals surface area contributed by atoms with E-state index in [0.717, 1.165) is 45.9 Å². The lowest BCUT2D eigenvalue weighted by Gasteiger charge is -2.48. The Balaban J connectivity index is 1.42. The highest BCUT2D eigenvalue weighted by Crippen LogP contribution is 2.44. The Labute approximate surface area is 104 Å². The molecule has 1 unspecified atom stereocenters. The zero-order chi connectivity index (χ0) is 11.9. The molecule has 0 aromatic heterocycles. The number of nitrogens with zero attached hydrogens (tertiary/aromatic N) is 2. The van der Waals surface area contributed by atoms with Crippen molar-refractivity contribution < 1.29 is 9.84 Å². The van der Waals surface area contributed by atoms with Crippen LogP contribution in [-0.4, -0.2) is 72.5 Å². The van der Waals surface area contributed by atoms with Crippen molar-refractivity contribution in [2.45, 2.75) is 31.5 Å². The van der Waals surface area contributed by atoms with Gasteiger partial charge >= 0.3 is 0 Å². The van der Waals surface area contributed by atoms with Crippen molar-refractivity contribution >= 4 is 0 Å². The first-order valence-corrected chi connectivity index (χ1v) is 6.98. The van der Waals surface area contributed by atoms with Crippen LogP contribution in [0.15, 0.2) is 0 Å². The number of aliphatic hydroxyl groups is 1. The Morgan fingerprint density at radius 1 is 1.29 bits per heavy atom. The van der Waals surface area contributed by atoms with Crippen LogP contribution in [0.4, 0.5) is 0 Å². The van der Waals surface area contributed by atoms with E-state index >= 15 is 0 Å². The largest absolute Gasteiger partial charge is 0.387 e. The third kappa shape index (κ3) is 2.50. The fourth-order valence-corrected chi connectivity index (χ4v) is 3.20. The van der Waals surface area contributed by atoms with E-state index < -0.39 is 0 Å². The van der Waals surface area contributed by atoms with Gasteiger partial charge in [-0.15, -0.1) is 0 Å². The molecule has 2 heterocycles. The van der Waals surface area contributed by atoms with Crippen molar-refractivity contribution in [1.29, 1.82) is 0 Å². The van der Waals surface area contributed by atoms with Gasteiger partial charge in [-0.3, -0.25) is 9.80 Å². The van der Waals surface area contributed by atoms with Gasteiger partial charge in [0.05, 0.1) is 18.3 Å². The molecule has 0 aromatic carbocycles. The molecule has 1 atom stereocenters. The zero-order valence-corrected chi connectivity index (χ0v) is 10.8. The van der Waals surface area contributed by atoms with E-state index in [4.69, 9.17) is 4.74 Å². The Hall–Kier alpha value is -0.160. The maximum Gasteiger partial charge on any atom is 0.0928 e. The molecule has 1 saturated carbocycles. The molecule has 3 fully saturated rings. The number of rotatable bonds is 4. The highest BCUT2D eigenvalue weighted by molar-refractivity contribution is 5.05. The van der Waals surface area contributed by atoms with Crippen LogP contribution in [0.5, 0.6) is 0 Å². The first-order chi connectivity index (χ1) is 8.19. The summed E-state index contributed by atoms with van der Waals surface area (Å²) in [5.74, 6) is 0.596. The van der Waals surface area contributed by atoms with Gasteiger partial charge in [0.25, 0.3) is 0 Å². The van der Waals surface area contributed by atoms with E-state index in [1.165, 1.54) is 12.8 Å². The molecule has 2 aliphatic heterocycles. The fraction of sp³-hybridized carbons (Fsp3) is 1.00. The van der Waals surface area contributed by atoms with Gasteiger partial charge in [0.2, 0.25) is 0 Å². The molecule has 0 amide bonds. The Morgan fingerprint density at radius 3 is 2.71 bits per heavy atom. The monoisotopic (exact) mass is 240 g/mol. The van der Waals surface area contributed by atoms with Crippen molar-refractivity contribution in [2.75, 3.05) is 45.9 Å². The molecule has 0 radical (unpaired) electrons. The van der Waals surface area contributed by atoms with Gasteiger partial charge in [-0.05, 0) is 25.3 Å². The van der Waals surface area contributed by atoms with Crippen LogP contribution in [0, 0.1) is 5.92 Å². The summed E-state index contributed by atoms with van der Waals surface area (Å²) in [6, 6.07) is 0. The molecule has 0 spiro atoms. The molecule has 3 aliphatic rings. The van der Waals surface area contributed by atoms with Crippen LogP contribution in [0.25, 0.3) is 0 Å². The molecule has 4 heteroatoms. The third-order valence-corrected chi connectivity index (χ3v) is 4.46. The predicted octanol–water partition coefficient (Wildman–Crippen LogP) is 0.164. The molecule has 2 saturated heterocycles. The highest BCUT2D eigenvalue weighted by atomic mass is 16.5. The SMILES string of the molecule is CCN1CCOC(CN2CC(O)(C3CC3)C2)C1. The standard InChI is InChI=1S/C13H24N2O2/c1-2-14-5-6-17-12(7-14)8-15-9-13(16,10-15)11-3-4-11/h11-12,16H,2-10H2,1H3. The Kier molecular flexibility index (Phi) is 3.15. The van der Waals surface area contributed by atoms with Crippen LogP contribution in [0.3, 0.4) is 0 Å². The van der Waals surface area contributed by atoms with Gasteiger partial charge in [-0.25, -0.2) is 0 Å². The van der Waals surface area contributed by atoms with Crippen molar-refractivity contribution in [3.8, 4) is 0 Å². The molecular weight excluding hydrogens is 216 g/mol. The number of morpholine rings is 1. The number of hydrogen-bond acceptors (Lipinski definition) is 4. The van der Waals surface area contributed by atoms with Gasteiger partial charge in [0.15, 0.2) is 0 Å². The molecule has 0 aromatic rings. The van der Waals surface area contributed by atoms with E-state index in [0.29, 0.717) is 12.0 Å². The van der Waals surface area contributed by atoms with E-state index in [1.54, 1.807) is 0 Å². The highest BCUT2D eigenvalue weighted by Gasteiger charge is 2.52. The van der Waals surface area contributed by atoms with Gasteiger partial charge in [0.1, 0.15) is 0 Å². The van der Waals surface area contributed by atoms with Crippen molar-refractivity contribution in [2.24, 2.45) is 5.92 Å². The van der Waals surface area contributed by atoms with Crippen LogP contribution >= 0.6 is 0 Å². The quantitative estimate of drug-likeness (QED) is 0.759. The molecule has 1 aliphatic carbocycles. The lowest BCUT2D eigenvalue weighted by atomic mass is 9.88. The summed E-state index contributed by atoms with van der Waals surface area (Å²) in [4.78, 5) is 4.79. The van der Waals surface area contributed by atoms with Crippen molar-refractivity contribution in [3.05, 3.63) is 0 Å². The minimum Gasteiger partial charge on any atom is -0.387 e. The summed E-state index contributed by atoms with van der Waals surface area (Å²) in [5, 5.41) is 10.3. The lowest BCUT2D eigenvalue weighted by molar-refractivity contribution is -0.135. The second-order valence-corrected chi connectivity index (χ2v) is 5.93. The van der Waals surface area contributed by atoms with Crippen LogP contribution in [-0.2, 0) is 4.74 Å². The van der Waals surface area contributed by atoms with Crippen LogP contribution in [0.1, 0.15) is 19.8 Å². The number of hydrogen-bond donors (Lipinski definition) is 1.